The van der Waals surface area contributed by atoms with Gasteiger partial charge in [-0.1, -0.05) is 72.8 Å². The zero-order valence-corrected chi connectivity index (χ0v) is 21.5. The number of hydrogen-bond donors (Lipinski definition) is 3. The Hall–Kier alpha value is -2.44. The van der Waals surface area contributed by atoms with Gasteiger partial charge in [0.15, 0.2) is 0 Å². The van der Waals surface area contributed by atoms with Crippen molar-refractivity contribution in [1.82, 2.24) is 9.80 Å². The first-order valence-corrected chi connectivity index (χ1v) is 14.6. The molecule has 2 aliphatic rings. The summed E-state index contributed by atoms with van der Waals surface area (Å²) in [6.45, 7) is 1.69. The van der Waals surface area contributed by atoms with E-state index in [-0.39, 0.29) is 23.6 Å². The molecule has 7 nitrogen and oxygen atoms in total. The van der Waals surface area contributed by atoms with Crippen LogP contribution in [-0.4, -0.2) is 62.1 Å². The van der Waals surface area contributed by atoms with Gasteiger partial charge in [0.25, 0.3) is 0 Å². The smallest absolute Gasteiger partial charge is 0.325 e. The van der Waals surface area contributed by atoms with Crippen molar-refractivity contribution >= 4 is 13.6 Å². The summed E-state index contributed by atoms with van der Waals surface area (Å²) in [7, 11) is -3.98. The second-order valence-electron chi connectivity index (χ2n) is 10.3. The van der Waals surface area contributed by atoms with Gasteiger partial charge in [-0.3, -0.25) is 4.57 Å². The van der Waals surface area contributed by atoms with Gasteiger partial charge in [0.1, 0.15) is 0 Å². The predicted octanol–water partition coefficient (Wildman–Crippen LogP) is 4.58. The fourth-order valence-corrected chi connectivity index (χ4v) is 5.84. The Morgan fingerprint density at radius 3 is 2.25 bits per heavy atom. The fraction of sp³-hybridized carbons (Fsp3) is 0.464. The number of benzene rings is 2. The minimum absolute atomic E-state index is 0.00823. The zero-order chi connectivity index (χ0) is 25.6. The number of carbonyl (C=O) groups is 1. The van der Waals surface area contributed by atoms with Crippen LogP contribution in [0.1, 0.15) is 43.2 Å². The molecule has 1 heterocycles. The molecule has 0 radical (unpaired) electrons. The first kappa shape index (κ1) is 26.6. The van der Waals surface area contributed by atoms with E-state index in [9.17, 15) is 24.3 Å². The van der Waals surface area contributed by atoms with Crippen LogP contribution in [0.15, 0.2) is 72.8 Å². The molecule has 36 heavy (non-hydrogen) atoms. The van der Waals surface area contributed by atoms with Crippen LogP contribution in [0.2, 0.25) is 0 Å². The van der Waals surface area contributed by atoms with E-state index in [0.717, 1.165) is 36.8 Å². The summed E-state index contributed by atoms with van der Waals surface area (Å²) in [6, 6.07) is 19.6. The number of carbonyl (C=O) groups excluding carboxylic acids is 1. The summed E-state index contributed by atoms with van der Waals surface area (Å²) < 4.78 is 11.3. The van der Waals surface area contributed by atoms with Crippen LogP contribution < -0.4 is 0 Å². The highest BCUT2D eigenvalue weighted by Crippen LogP contribution is 2.55. The Morgan fingerprint density at radius 2 is 1.64 bits per heavy atom. The average molecular weight is 513 g/mol. The van der Waals surface area contributed by atoms with Crippen molar-refractivity contribution < 1.29 is 24.3 Å². The van der Waals surface area contributed by atoms with Gasteiger partial charge in [0.05, 0.1) is 18.3 Å². The number of rotatable bonds is 13. The summed E-state index contributed by atoms with van der Waals surface area (Å²) in [5, 5.41) is 10.6. The third-order valence-corrected chi connectivity index (χ3v) is 8.19. The normalized spacial score (nSPS) is 20.3. The minimum Gasteiger partial charge on any atom is -0.389 e. The summed E-state index contributed by atoms with van der Waals surface area (Å²) in [5.41, 5.74) is 2.16. The number of nitrogens with zero attached hydrogens (tertiary/aromatic N) is 2. The largest absolute Gasteiger partial charge is 0.389 e. The molecule has 1 unspecified atom stereocenters. The summed E-state index contributed by atoms with van der Waals surface area (Å²) in [4.78, 5) is 35.6. The van der Waals surface area contributed by atoms with Crippen molar-refractivity contribution in [2.45, 2.75) is 57.2 Å². The Kier molecular flexibility index (Phi) is 8.68. The van der Waals surface area contributed by atoms with Gasteiger partial charge in [-0.15, -0.1) is 0 Å². The monoisotopic (exact) mass is 512 g/mol. The lowest BCUT2D eigenvalue weighted by Crippen LogP contribution is -2.35. The van der Waals surface area contributed by atoms with Crippen molar-refractivity contribution in [3.63, 3.8) is 0 Å². The fourth-order valence-electron chi connectivity index (χ4n) is 5.08. The highest BCUT2D eigenvalue weighted by molar-refractivity contribution is 7.51. The van der Waals surface area contributed by atoms with E-state index in [2.05, 4.69) is 0 Å². The summed E-state index contributed by atoms with van der Waals surface area (Å²) in [6.07, 6.45) is 7.77. The van der Waals surface area contributed by atoms with Gasteiger partial charge >= 0.3 is 13.6 Å². The molecule has 1 aliphatic carbocycles. The molecule has 2 aromatic carbocycles. The SMILES string of the molecule is O=C1N(Cc2ccccc2)C[C@H](/C=C/C(O)Cc2ccccc2)N1CCCC1(CCP(=O)(O)O)CC1. The van der Waals surface area contributed by atoms with Gasteiger partial charge in [-0.25, -0.2) is 4.79 Å². The molecule has 0 bridgehead atoms. The van der Waals surface area contributed by atoms with E-state index < -0.39 is 13.7 Å². The molecular formula is C28H37N2O5P. The topological polar surface area (TPSA) is 101 Å². The quantitative estimate of drug-likeness (QED) is 0.269. The third-order valence-electron chi connectivity index (χ3n) is 7.38. The van der Waals surface area contributed by atoms with Crippen LogP contribution in [0.25, 0.3) is 0 Å². The molecule has 0 aromatic heterocycles. The van der Waals surface area contributed by atoms with Crippen molar-refractivity contribution in [1.29, 1.82) is 0 Å². The molecule has 1 aliphatic heterocycles. The molecule has 2 aromatic rings. The van der Waals surface area contributed by atoms with Gasteiger partial charge < -0.3 is 24.7 Å². The van der Waals surface area contributed by atoms with Gasteiger partial charge in [0.2, 0.25) is 0 Å². The molecule has 1 saturated carbocycles. The maximum atomic E-state index is 13.3. The standard InChI is InChI=1S/C28H37N2O5P/c31-26(20-23-8-3-1-4-9-23)13-12-25-22-29(21-24-10-5-2-6-11-24)27(32)30(25)18-7-14-28(15-16-28)17-19-36(33,34)35/h1-6,8-13,25-26,31H,7,14-22H2,(H2,33,34,35)/b13-12+/t25-,26?/m0/s1. The zero-order valence-electron chi connectivity index (χ0n) is 20.7. The molecule has 8 heteroatoms. The Labute approximate surface area is 213 Å². The van der Waals surface area contributed by atoms with Crippen LogP contribution in [0.4, 0.5) is 4.79 Å². The number of aliphatic hydroxyl groups excluding tert-OH is 1. The third kappa shape index (κ3) is 7.78. The van der Waals surface area contributed by atoms with Crippen molar-refractivity contribution in [3.05, 3.63) is 83.9 Å². The molecule has 1 saturated heterocycles. The maximum Gasteiger partial charge on any atom is 0.325 e. The van der Waals surface area contributed by atoms with Gasteiger partial charge in [-0.2, -0.15) is 0 Å². The summed E-state index contributed by atoms with van der Waals surface area (Å²) >= 11 is 0. The van der Waals surface area contributed by atoms with Crippen molar-refractivity contribution in [2.75, 3.05) is 19.3 Å². The molecular weight excluding hydrogens is 475 g/mol. The molecule has 0 spiro atoms. The number of amides is 2. The van der Waals surface area contributed by atoms with E-state index in [1.165, 1.54) is 0 Å². The van der Waals surface area contributed by atoms with Crippen LogP contribution in [0.5, 0.6) is 0 Å². The second-order valence-corrected chi connectivity index (χ2v) is 12.1. The molecule has 194 valence electrons. The number of hydrogen-bond acceptors (Lipinski definition) is 3. The van der Waals surface area contributed by atoms with E-state index in [1.807, 2.05) is 76.5 Å². The molecule has 4 rings (SSSR count). The first-order chi connectivity index (χ1) is 17.2. The number of aliphatic hydroxyl groups is 1. The highest BCUT2D eigenvalue weighted by atomic mass is 31.2. The van der Waals surface area contributed by atoms with Crippen molar-refractivity contribution in [2.24, 2.45) is 5.41 Å². The van der Waals surface area contributed by atoms with Crippen molar-refractivity contribution in [3.8, 4) is 0 Å². The van der Waals surface area contributed by atoms with E-state index in [4.69, 9.17) is 0 Å². The lowest BCUT2D eigenvalue weighted by molar-refractivity contribution is 0.185. The second kappa shape index (κ2) is 11.7. The van der Waals surface area contributed by atoms with Gasteiger partial charge in [0, 0.05) is 26.1 Å². The van der Waals surface area contributed by atoms with E-state index in [0.29, 0.717) is 32.5 Å². The van der Waals surface area contributed by atoms with E-state index >= 15 is 0 Å². The predicted molar refractivity (Wildman–Crippen MR) is 140 cm³/mol. The Balaban J connectivity index is 1.38. The van der Waals surface area contributed by atoms with Gasteiger partial charge in [-0.05, 0) is 48.6 Å². The molecule has 3 N–H and O–H groups in total. The molecule has 2 amide bonds. The van der Waals surface area contributed by atoms with Crippen LogP contribution in [0, 0.1) is 5.41 Å². The van der Waals surface area contributed by atoms with Crippen LogP contribution in [0.3, 0.4) is 0 Å². The highest BCUT2D eigenvalue weighted by Gasteiger charge is 2.43. The lowest BCUT2D eigenvalue weighted by Gasteiger charge is -2.23. The maximum absolute atomic E-state index is 13.3. The van der Waals surface area contributed by atoms with E-state index in [1.54, 1.807) is 6.08 Å². The number of urea groups is 1. The Morgan fingerprint density at radius 1 is 1.00 bits per heavy atom. The Bertz CT molecular complexity index is 1070. The van der Waals surface area contributed by atoms with Crippen LogP contribution >= 0.6 is 7.60 Å². The first-order valence-electron chi connectivity index (χ1n) is 12.8. The average Bonchev–Trinajstić information content (AvgIpc) is 3.57. The molecule has 2 atom stereocenters. The minimum atomic E-state index is -3.98. The van der Waals surface area contributed by atoms with Crippen LogP contribution in [-0.2, 0) is 17.5 Å². The molecule has 2 fully saturated rings. The lowest BCUT2D eigenvalue weighted by atomic mass is 9.97. The summed E-state index contributed by atoms with van der Waals surface area (Å²) in [5.74, 6) is 0.